The summed E-state index contributed by atoms with van der Waals surface area (Å²) in [4.78, 5) is 0. The minimum Gasteiger partial charge on any atom is -0.496 e. The molecule has 2 N–H and O–H groups in total. The Hall–Kier alpha value is -1.02. The van der Waals surface area contributed by atoms with Gasteiger partial charge < -0.3 is 10.5 Å². The van der Waals surface area contributed by atoms with Crippen LogP contribution in [-0.4, -0.2) is 13.7 Å². The van der Waals surface area contributed by atoms with E-state index in [4.69, 9.17) is 10.5 Å². The summed E-state index contributed by atoms with van der Waals surface area (Å²) >= 11 is 0. The van der Waals surface area contributed by atoms with Crippen LogP contribution in [0.3, 0.4) is 0 Å². The minimum atomic E-state index is 0.701. The molecule has 0 aliphatic carbocycles. The third-order valence-corrected chi connectivity index (χ3v) is 2.27. The fourth-order valence-electron chi connectivity index (χ4n) is 1.49. The number of benzene rings is 1. The summed E-state index contributed by atoms with van der Waals surface area (Å²) in [5, 5.41) is 0. The van der Waals surface area contributed by atoms with Crippen LogP contribution in [0.15, 0.2) is 12.1 Å². The number of methoxy groups -OCH3 is 1. The van der Waals surface area contributed by atoms with E-state index < -0.39 is 0 Å². The molecule has 0 heterocycles. The lowest BCUT2D eigenvalue weighted by molar-refractivity contribution is 0.411. The van der Waals surface area contributed by atoms with E-state index in [-0.39, 0.29) is 0 Å². The second-order valence-corrected chi connectivity index (χ2v) is 3.29. The third-order valence-electron chi connectivity index (χ3n) is 2.27. The van der Waals surface area contributed by atoms with Crippen molar-refractivity contribution in [3.05, 3.63) is 28.8 Å². The van der Waals surface area contributed by atoms with Crippen molar-refractivity contribution < 1.29 is 4.74 Å². The first-order valence-corrected chi connectivity index (χ1v) is 4.53. The largest absolute Gasteiger partial charge is 0.496 e. The first kappa shape index (κ1) is 10.1. The second-order valence-electron chi connectivity index (χ2n) is 3.29. The van der Waals surface area contributed by atoms with Gasteiger partial charge in [-0.25, -0.2) is 0 Å². The fraction of sp³-hybridized carbons (Fsp3) is 0.455. The number of ether oxygens (including phenoxy) is 1. The van der Waals surface area contributed by atoms with Crippen LogP contribution in [-0.2, 0) is 6.42 Å². The Morgan fingerprint density at radius 3 is 2.46 bits per heavy atom. The summed E-state index contributed by atoms with van der Waals surface area (Å²) < 4.78 is 5.23. The fourth-order valence-corrected chi connectivity index (χ4v) is 1.49. The van der Waals surface area contributed by atoms with Gasteiger partial charge in [0.1, 0.15) is 5.75 Å². The second kappa shape index (κ2) is 4.28. The highest BCUT2D eigenvalue weighted by atomic mass is 16.5. The van der Waals surface area contributed by atoms with E-state index in [0.29, 0.717) is 6.54 Å². The van der Waals surface area contributed by atoms with Crippen LogP contribution >= 0.6 is 0 Å². The maximum Gasteiger partial charge on any atom is 0.122 e. The van der Waals surface area contributed by atoms with Gasteiger partial charge in [0, 0.05) is 0 Å². The van der Waals surface area contributed by atoms with E-state index in [1.165, 1.54) is 16.7 Å². The molecule has 0 saturated carbocycles. The highest BCUT2D eigenvalue weighted by Crippen LogP contribution is 2.22. The van der Waals surface area contributed by atoms with Gasteiger partial charge in [0.25, 0.3) is 0 Å². The lowest BCUT2D eigenvalue weighted by atomic mass is 10.0. The normalized spacial score (nSPS) is 10.2. The van der Waals surface area contributed by atoms with E-state index in [0.717, 1.165) is 12.2 Å². The van der Waals surface area contributed by atoms with Gasteiger partial charge in [-0.05, 0) is 49.6 Å². The van der Waals surface area contributed by atoms with Crippen molar-refractivity contribution in [2.75, 3.05) is 13.7 Å². The smallest absolute Gasteiger partial charge is 0.122 e. The van der Waals surface area contributed by atoms with Gasteiger partial charge in [-0.3, -0.25) is 0 Å². The molecule has 0 fully saturated rings. The molecule has 0 amide bonds. The summed E-state index contributed by atoms with van der Waals surface area (Å²) in [7, 11) is 1.70. The van der Waals surface area contributed by atoms with Gasteiger partial charge >= 0.3 is 0 Å². The molecule has 0 atom stereocenters. The van der Waals surface area contributed by atoms with Gasteiger partial charge in [0.15, 0.2) is 0 Å². The molecule has 13 heavy (non-hydrogen) atoms. The van der Waals surface area contributed by atoms with Crippen molar-refractivity contribution in [3.63, 3.8) is 0 Å². The number of hydrogen-bond acceptors (Lipinski definition) is 2. The molecule has 0 radical (unpaired) electrons. The van der Waals surface area contributed by atoms with E-state index >= 15 is 0 Å². The van der Waals surface area contributed by atoms with Crippen molar-refractivity contribution in [2.45, 2.75) is 20.3 Å². The Morgan fingerprint density at radius 1 is 1.23 bits per heavy atom. The van der Waals surface area contributed by atoms with Gasteiger partial charge in [0.2, 0.25) is 0 Å². The number of nitrogens with two attached hydrogens (primary N) is 1. The molecule has 2 heteroatoms. The zero-order chi connectivity index (χ0) is 9.84. The summed E-state index contributed by atoms with van der Waals surface area (Å²) in [6.07, 6.45) is 0.941. The summed E-state index contributed by atoms with van der Waals surface area (Å²) in [5.74, 6) is 0.957. The zero-order valence-corrected chi connectivity index (χ0v) is 8.55. The van der Waals surface area contributed by atoms with Crippen LogP contribution < -0.4 is 10.5 Å². The van der Waals surface area contributed by atoms with Crippen LogP contribution in [0.25, 0.3) is 0 Å². The van der Waals surface area contributed by atoms with E-state index in [1.807, 2.05) is 0 Å². The van der Waals surface area contributed by atoms with Crippen LogP contribution in [0.5, 0.6) is 5.75 Å². The minimum absolute atomic E-state index is 0.701. The molecule has 1 aromatic carbocycles. The Morgan fingerprint density at radius 2 is 1.92 bits per heavy atom. The van der Waals surface area contributed by atoms with Crippen LogP contribution in [0.1, 0.15) is 16.7 Å². The van der Waals surface area contributed by atoms with E-state index in [9.17, 15) is 0 Å². The third kappa shape index (κ3) is 2.22. The molecule has 72 valence electrons. The highest BCUT2D eigenvalue weighted by Gasteiger charge is 2.03. The lowest BCUT2D eigenvalue weighted by Crippen LogP contribution is -2.04. The Labute approximate surface area is 79.7 Å². The Bertz CT molecular complexity index is 294. The number of aryl methyl sites for hydroxylation is 2. The monoisotopic (exact) mass is 179 g/mol. The molecular formula is C11H17NO. The van der Waals surface area contributed by atoms with Gasteiger partial charge in [0.05, 0.1) is 7.11 Å². The molecule has 0 unspecified atom stereocenters. The summed E-state index contributed by atoms with van der Waals surface area (Å²) in [6.45, 7) is 4.85. The molecule has 0 spiro atoms. The predicted molar refractivity (Wildman–Crippen MR) is 55.2 cm³/mol. The zero-order valence-electron chi connectivity index (χ0n) is 8.55. The Balaban J connectivity index is 3.05. The molecule has 0 bridgehead atoms. The van der Waals surface area contributed by atoms with Gasteiger partial charge in [-0.1, -0.05) is 6.07 Å². The first-order chi connectivity index (χ1) is 6.19. The van der Waals surface area contributed by atoms with Crippen LogP contribution in [0.2, 0.25) is 0 Å². The first-order valence-electron chi connectivity index (χ1n) is 4.53. The summed E-state index contributed by atoms with van der Waals surface area (Å²) in [6, 6.07) is 4.22. The lowest BCUT2D eigenvalue weighted by Gasteiger charge is -2.10. The van der Waals surface area contributed by atoms with Crippen molar-refractivity contribution in [1.82, 2.24) is 0 Å². The quantitative estimate of drug-likeness (QED) is 0.768. The van der Waals surface area contributed by atoms with E-state index in [1.54, 1.807) is 7.11 Å². The number of hydrogen-bond donors (Lipinski definition) is 1. The molecule has 1 rings (SSSR count). The molecule has 0 aliphatic heterocycles. The topological polar surface area (TPSA) is 35.2 Å². The average Bonchev–Trinajstić information content (AvgIpc) is 2.11. The van der Waals surface area contributed by atoms with Crippen molar-refractivity contribution in [3.8, 4) is 5.75 Å². The molecule has 2 nitrogen and oxygen atoms in total. The molecule has 0 aromatic heterocycles. The van der Waals surface area contributed by atoms with Gasteiger partial charge in [-0.2, -0.15) is 0 Å². The maximum atomic E-state index is 5.52. The molecule has 0 aliphatic rings. The van der Waals surface area contributed by atoms with Crippen molar-refractivity contribution in [1.29, 1.82) is 0 Å². The Kier molecular flexibility index (Phi) is 3.32. The van der Waals surface area contributed by atoms with Crippen molar-refractivity contribution >= 4 is 0 Å². The number of rotatable bonds is 3. The standard InChI is InChI=1S/C11H17NO/c1-8-7-11(13-3)9(2)6-10(8)4-5-12/h6-7H,4-5,12H2,1-3H3. The highest BCUT2D eigenvalue weighted by molar-refractivity contribution is 5.41. The predicted octanol–water partition coefficient (Wildman–Crippen LogP) is 1.81. The van der Waals surface area contributed by atoms with Crippen molar-refractivity contribution in [2.24, 2.45) is 5.73 Å². The molecule has 1 aromatic rings. The average molecular weight is 179 g/mol. The van der Waals surface area contributed by atoms with Crippen LogP contribution in [0.4, 0.5) is 0 Å². The SMILES string of the molecule is COc1cc(C)c(CCN)cc1C. The molecule has 0 saturated heterocycles. The van der Waals surface area contributed by atoms with Gasteiger partial charge in [-0.15, -0.1) is 0 Å². The summed E-state index contributed by atoms with van der Waals surface area (Å²) in [5.41, 5.74) is 9.27. The van der Waals surface area contributed by atoms with E-state index in [2.05, 4.69) is 26.0 Å². The van der Waals surface area contributed by atoms with Crippen LogP contribution in [0, 0.1) is 13.8 Å². The maximum absolute atomic E-state index is 5.52. The molecular weight excluding hydrogens is 162 g/mol.